The predicted molar refractivity (Wildman–Crippen MR) is 91.9 cm³/mol. The van der Waals surface area contributed by atoms with Crippen molar-refractivity contribution in [1.82, 2.24) is 5.32 Å². The summed E-state index contributed by atoms with van der Waals surface area (Å²) in [5.41, 5.74) is 3.40. The largest absolute Gasteiger partial charge is 0.356 e. The number of halogens is 1. The zero-order chi connectivity index (χ0) is 15.4. The summed E-state index contributed by atoms with van der Waals surface area (Å²) in [6.07, 6.45) is 3.56. The fraction of sp³-hybridized carbons (Fsp3) is 0.368. The second-order valence-corrected chi connectivity index (χ2v) is 6.54. The third kappa shape index (κ3) is 3.89. The molecule has 1 atom stereocenters. The molecule has 0 saturated carbocycles. The van der Waals surface area contributed by atoms with Crippen LogP contribution in [0, 0.1) is 0 Å². The van der Waals surface area contributed by atoms with Gasteiger partial charge in [-0.05, 0) is 61.6 Å². The van der Waals surface area contributed by atoms with Crippen molar-refractivity contribution in [2.75, 3.05) is 6.54 Å². The van der Waals surface area contributed by atoms with E-state index in [4.69, 9.17) is 16.3 Å². The Morgan fingerprint density at radius 3 is 2.23 bits per heavy atom. The number of rotatable bonds is 4. The summed E-state index contributed by atoms with van der Waals surface area (Å²) in [4.78, 5) is 0. The van der Waals surface area contributed by atoms with Gasteiger partial charge in [0, 0.05) is 5.02 Å². The third-order valence-electron chi connectivity index (χ3n) is 4.27. The Balaban J connectivity index is 1.63. The fourth-order valence-corrected chi connectivity index (χ4v) is 2.96. The molecule has 0 amide bonds. The summed E-state index contributed by atoms with van der Waals surface area (Å²) in [6, 6.07) is 16.5. The van der Waals surface area contributed by atoms with Crippen molar-refractivity contribution in [2.24, 2.45) is 0 Å². The molecular formula is C19H22ClNO. The minimum atomic E-state index is -0.174. The van der Waals surface area contributed by atoms with Crippen LogP contribution in [-0.2, 0) is 11.3 Å². The van der Waals surface area contributed by atoms with Gasteiger partial charge in [-0.15, -0.1) is 0 Å². The molecule has 0 spiro atoms. The van der Waals surface area contributed by atoms with Gasteiger partial charge in [-0.3, -0.25) is 5.32 Å². The van der Waals surface area contributed by atoms with E-state index in [-0.39, 0.29) is 5.72 Å². The molecule has 3 rings (SSSR count). The summed E-state index contributed by atoms with van der Waals surface area (Å²) in [6.45, 7) is 3.84. The molecule has 3 heteroatoms. The molecule has 0 aliphatic carbocycles. The summed E-state index contributed by atoms with van der Waals surface area (Å²) >= 11 is 5.93. The van der Waals surface area contributed by atoms with Crippen LogP contribution in [-0.4, -0.2) is 12.3 Å². The first kappa shape index (κ1) is 15.5. The molecule has 116 valence electrons. The smallest absolute Gasteiger partial charge is 0.116 e. The molecule has 1 fully saturated rings. The minimum absolute atomic E-state index is 0.174. The van der Waals surface area contributed by atoms with Crippen LogP contribution in [0.5, 0.6) is 0 Å². The highest BCUT2D eigenvalue weighted by molar-refractivity contribution is 6.30. The van der Waals surface area contributed by atoms with Gasteiger partial charge in [-0.25, -0.2) is 0 Å². The van der Waals surface area contributed by atoms with Crippen LogP contribution in [0.3, 0.4) is 0 Å². The first-order valence-corrected chi connectivity index (χ1v) is 8.26. The monoisotopic (exact) mass is 315 g/mol. The van der Waals surface area contributed by atoms with E-state index in [2.05, 4.69) is 36.5 Å². The lowest BCUT2D eigenvalue weighted by atomic mass is 10.0. The van der Waals surface area contributed by atoms with Crippen molar-refractivity contribution in [3.8, 4) is 11.1 Å². The van der Waals surface area contributed by atoms with Gasteiger partial charge in [-0.2, -0.15) is 0 Å². The van der Waals surface area contributed by atoms with Crippen LogP contribution in [0.15, 0.2) is 48.5 Å². The van der Waals surface area contributed by atoms with Crippen molar-refractivity contribution in [1.29, 1.82) is 0 Å². The number of hydrogen-bond donors (Lipinski definition) is 1. The molecule has 1 N–H and O–H groups in total. The number of piperidine rings is 1. The lowest BCUT2D eigenvalue weighted by Crippen LogP contribution is -2.47. The van der Waals surface area contributed by atoms with Crippen LogP contribution in [0.2, 0.25) is 5.02 Å². The summed E-state index contributed by atoms with van der Waals surface area (Å²) < 4.78 is 6.09. The Hall–Kier alpha value is -1.35. The Morgan fingerprint density at radius 1 is 1.00 bits per heavy atom. The molecule has 22 heavy (non-hydrogen) atoms. The molecule has 1 heterocycles. The fourth-order valence-electron chi connectivity index (χ4n) is 2.83. The first-order valence-electron chi connectivity index (χ1n) is 7.89. The lowest BCUT2D eigenvalue weighted by molar-refractivity contribution is -0.0838. The second-order valence-electron chi connectivity index (χ2n) is 6.11. The lowest BCUT2D eigenvalue weighted by Gasteiger charge is -2.34. The summed E-state index contributed by atoms with van der Waals surface area (Å²) in [5, 5.41) is 4.24. The van der Waals surface area contributed by atoms with Crippen molar-refractivity contribution in [3.63, 3.8) is 0 Å². The van der Waals surface area contributed by atoms with E-state index in [9.17, 15) is 0 Å². The maximum Gasteiger partial charge on any atom is 0.116 e. The van der Waals surface area contributed by atoms with E-state index >= 15 is 0 Å². The van der Waals surface area contributed by atoms with Gasteiger partial charge < -0.3 is 4.74 Å². The zero-order valence-corrected chi connectivity index (χ0v) is 13.7. The van der Waals surface area contributed by atoms with Gasteiger partial charge in [0.05, 0.1) is 6.61 Å². The molecule has 1 saturated heterocycles. The molecule has 0 bridgehead atoms. The number of nitrogens with one attached hydrogen (secondary N) is 1. The average molecular weight is 316 g/mol. The standard InChI is InChI=1S/C19H22ClNO/c1-19(12-2-3-13-21-19)22-14-15-4-6-16(7-5-15)17-8-10-18(20)11-9-17/h4-11,21H,2-3,12-14H2,1H3. The Kier molecular flexibility index (Phi) is 4.82. The summed E-state index contributed by atoms with van der Waals surface area (Å²) in [5.74, 6) is 0. The topological polar surface area (TPSA) is 21.3 Å². The van der Waals surface area contributed by atoms with Gasteiger partial charge in [0.15, 0.2) is 0 Å². The van der Waals surface area contributed by atoms with Crippen molar-refractivity contribution in [3.05, 3.63) is 59.1 Å². The molecule has 1 unspecified atom stereocenters. The normalized spacial score (nSPS) is 21.7. The van der Waals surface area contributed by atoms with Crippen LogP contribution in [0.4, 0.5) is 0 Å². The van der Waals surface area contributed by atoms with Crippen LogP contribution in [0.1, 0.15) is 31.7 Å². The SMILES string of the molecule is CC1(OCc2ccc(-c3ccc(Cl)cc3)cc2)CCCCN1. The van der Waals surface area contributed by atoms with Crippen molar-refractivity contribution >= 4 is 11.6 Å². The van der Waals surface area contributed by atoms with Crippen molar-refractivity contribution in [2.45, 2.75) is 38.5 Å². The Bertz CT molecular complexity index is 600. The quantitative estimate of drug-likeness (QED) is 0.856. The van der Waals surface area contributed by atoms with Crippen LogP contribution >= 0.6 is 11.6 Å². The first-order chi connectivity index (χ1) is 10.6. The van der Waals surface area contributed by atoms with E-state index < -0.39 is 0 Å². The molecule has 2 aromatic rings. The van der Waals surface area contributed by atoms with E-state index in [1.807, 2.05) is 24.3 Å². The zero-order valence-electron chi connectivity index (χ0n) is 12.9. The average Bonchev–Trinajstić information content (AvgIpc) is 2.55. The molecule has 2 aromatic carbocycles. The number of benzene rings is 2. The Morgan fingerprint density at radius 2 is 1.64 bits per heavy atom. The van der Waals surface area contributed by atoms with Gasteiger partial charge >= 0.3 is 0 Å². The molecule has 0 aromatic heterocycles. The minimum Gasteiger partial charge on any atom is -0.356 e. The third-order valence-corrected chi connectivity index (χ3v) is 4.52. The maximum atomic E-state index is 6.09. The van der Waals surface area contributed by atoms with Gasteiger partial charge in [0.25, 0.3) is 0 Å². The highest BCUT2D eigenvalue weighted by Crippen LogP contribution is 2.24. The van der Waals surface area contributed by atoms with Gasteiger partial charge in [-0.1, -0.05) is 48.0 Å². The second kappa shape index (κ2) is 6.82. The highest BCUT2D eigenvalue weighted by Gasteiger charge is 2.26. The van der Waals surface area contributed by atoms with Crippen LogP contribution in [0.25, 0.3) is 11.1 Å². The van der Waals surface area contributed by atoms with Crippen molar-refractivity contribution < 1.29 is 4.74 Å². The van der Waals surface area contributed by atoms with E-state index in [0.29, 0.717) is 6.61 Å². The highest BCUT2D eigenvalue weighted by atomic mass is 35.5. The molecule has 1 aliphatic rings. The number of hydrogen-bond acceptors (Lipinski definition) is 2. The molecular weight excluding hydrogens is 294 g/mol. The van der Waals surface area contributed by atoms with E-state index in [0.717, 1.165) is 18.0 Å². The maximum absolute atomic E-state index is 6.09. The molecule has 0 radical (unpaired) electrons. The predicted octanol–water partition coefficient (Wildman–Crippen LogP) is 5.01. The molecule has 1 aliphatic heterocycles. The Labute approximate surface area is 137 Å². The van der Waals surface area contributed by atoms with Crippen LogP contribution < -0.4 is 5.32 Å². The van der Waals surface area contributed by atoms with Gasteiger partial charge in [0.1, 0.15) is 5.72 Å². The summed E-state index contributed by atoms with van der Waals surface area (Å²) in [7, 11) is 0. The van der Waals surface area contributed by atoms with E-state index in [1.54, 1.807) is 0 Å². The van der Waals surface area contributed by atoms with Gasteiger partial charge in [0.2, 0.25) is 0 Å². The van der Waals surface area contributed by atoms with E-state index in [1.165, 1.54) is 29.5 Å². The number of ether oxygens (including phenoxy) is 1. The molecule has 2 nitrogen and oxygen atoms in total.